The van der Waals surface area contributed by atoms with Gasteiger partial charge in [0.15, 0.2) is 12.2 Å². The van der Waals surface area contributed by atoms with Gasteiger partial charge in [-0.05, 0) is 43.0 Å². The maximum atomic E-state index is 12.4. The monoisotopic (exact) mass is 624 g/mol. The van der Waals surface area contributed by atoms with Crippen LogP contribution in [0.4, 0.5) is 0 Å². The van der Waals surface area contributed by atoms with E-state index in [1.807, 2.05) is 12.1 Å². The zero-order valence-electron chi connectivity index (χ0n) is 24.1. The Balaban J connectivity index is 2.12. The number of halogens is 1. The second-order valence-electron chi connectivity index (χ2n) is 10.3. The summed E-state index contributed by atoms with van der Waals surface area (Å²) >= 11 is 6.51. The van der Waals surface area contributed by atoms with E-state index < -0.39 is 67.8 Å². The van der Waals surface area contributed by atoms with E-state index in [4.69, 9.17) is 35.3 Å². The minimum atomic E-state index is -2.48. The van der Waals surface area contributed by atoms with Gasteiger partial charge in [0.05, 0.1) is 0 Å². The number of carbonyl (C=O) groups is 4. The summed E-state index contributed by atoms with van der Waals surface area (Å²) in [5.74, 6) is -5.63. The maximum Gasteiger partial charge on any atom is 0.303 e. The first-order valence-corrected chi connectivity index (χ1v) is 16.0. The molecule has 42 heavy (non-hydrogen) atoms. The van der Waals surface area contributed by atoms with E-state index >= 15 is 0 Å². The lowest BCUT2D eigenvalue weighted by Crippen LogP contribution is -2.66. The normalized spacial score (nSPS) is 23.9. The molecule has 11 nitrogen and oxygen atoms in total. The van der Waals surface area contributed by atoms with Crippen molar-refractivity contribution in [3.8, 4) is 0 Å². The van der Waals surface area contributed by atoms with Gasteiger partial charge in [0.25, 0.3) is 0 Å². The van der Waals surface area contributed by atoms with Crippen LogP contribution in [0.1, 0.15) is 44.4 Å². The molecule has 1 fully saturated rings. The Morgan fingerprint density at radius 2 is 1.45 bits per heavy atom. The van der Waals surface area contributed by atoms with Gasteiger partial charge >= 0.3 is 23.9 Å². The average Bonchev–Trinajstić information content (AvgIpc) is 2.87. The molecule has 1 aliphatic heterocycles. The van der Waals surface area contributed by atoms with Crippen LogP contribution in [0.2, 0.25) is 5.02 Å². The number of ether oxygens (including phenoxy) is 5. The summed E-state index contributed by atoms with van der Waals surface area (Å²) in [4.78, 5) is 47.9. The number of aliphatic hydroxyl groups is 1. The van der Waals surface area contributed by atoms with Gasteiger partial charge in [-0.15, -0.1) is 0 Å². The van der Waals surface area contributed by atoms with Crippen LogP contribution in [0, 0.1) is 0 Å². The van der Waals surface area contributed by atoms with Crippen LogP contribution in [-0.2, 0) is 59.6 Å². The van der Waals surface area contributed by atoms with Crippen LogP contribution >= 0.6 is 18.7 Å². The highest BCUT2D eigenvalue weighted by atomic mass is 35.5. The molecule has 1 heterocycles. The SMILES string of the molecule is CC(=O)OC[C@H]1O[C@@](O)(c2ccc(Cl)c(Cc3ccc(P(C)(C)=O)cc3)c2)[C@H](OC(C)=O)[C@@H](OC(C)=O)[C@@H]1OC(C)=O. The predicted octanol–water partition coefficient (Wildman–Crippen LogP) is 3.08. The molecule has 0 amide bonds. The molecule has 13 heteroatoms. The first-order valence-electron chi connectivity index (χ1n) is 13.0. The molecule has 0 aliphatic carbocycles. The molecule has 0 aromatic heterocycles. The molecule has 1 saturated heterocycles. The third kappa shape index (κ3) is 8.19. The minimum Gasteiger partial charge on any atom is -0.463 e. The van der Waals surface area contributed by atoms with Crippen molar-refractivity contribution in [1.82, 2.24) is 0 Å². The van der Waals surface area contributed by atoms with Crippen molar-refractivity contribution in [2.24, 2.45) is 0 Å². The van der Waals surface area contributed by atoms with Crippen LogP contribution in [0.5, 0.6) is 0 Å². The lowest BCUT2D eigenvalue weighted by Gasteiger charge is -2.48. The molecule has 3 rings (SSSR count). The second kappa shape index (κ2) is 13.4. The van der Waals surface area contributed by atoms with Crippen LogP contribution in [0.25, 0.3) is 0 Å². The fraction of sp³-hybridized carbons (Fsp3) is 0.448. The summed E-state index contributed by atoms with van der Waals surface area (Å²) in [5, 5.41) is 13.2. The minimum absolute atomic E-state index is 0.0719. The van der Waals surface area contributed by atoms with Crippen molar-refractivity contribution in [1.29, 1.82) is 0 Å². The molecule has 0 bridgehead atoms. The van der Waals surface area contributed by atoms with Crippen molar-refractivity contribution in [3.63, 3.8) is 0 Å². The van der Waals surface area contributed by atoms with Gasteiger partial charge in [0, 0.05) is 43.6 Å². The number of esters is 4. The number of carbonyl (C=O) groups excluding carboxylic acids is 4. The van der Waals surface area contributed by atoms with E-state index in [0.29, 0.717) is 17.0 Å². The van der Waals surface area contributed by atoms with E-state index in [0.717, 1.165) is 38.6 Å². The molecule has 0 spiro atoms. The molecule has 1 N–H and O–H groups in total. The van der Waals surface area contributed by atoms with Gasteiger partial charge < -0.3 is 33.4 Å². The molecule has 0 radical (unpaired) electrons. The quantitative estimate of drug-likeness (QED) is 0.249. The Kier molecular flexibility index (Phi) is 10.6. The Labute approximate surface area is 248 Å². The number of hydrogen-bond donors (Lipinski definition) is 1. The fourth-order valence-corrected chi connectivity index (χ4v) is 5.69. The van der Waals surface area contributed by atoms with Crippen molar-refractivity contribution < 1.29 is 52.5 Å². The van der Waals surface area contributed by atoms with Crippen LogP contribution in [-0.4, -0.2) is 73.3 Å². The highest BCUT2D eigenvalue weighted by Crippen LogP contribution is 2.42. The highest BCUT2D eigenvalue weighted by molar-refractivity contribution is 7.70. The lowest BCUT2D eigenvalue weighted by molar-refractivity contribution is -0.360. The summed E-state index contributed by atoms with van der Waals surface area (Å²) in [6, 6.07) is 11.7. The fourth-order valence-electron chi connectivity index (χ4n) is 4.64. The third-order valence-electron chi connectivity index (χ3n) is 6.47. The van der Waals surface area contributed by atoms with Gasteiger partial charge in [-0.2, -0.15) is 0 Å². The maximum absolute atomic E-state index is 12.4. The standard InChI is InChI=1S/C29H34ClO11P/c1-16(31)37-15-25-26(38-17(2)32)27(39-18(3)33)28(40-19(4)34)29(35,41-25)22-9-12-24(30)21(14-22)13-20-7-10-23(11-8-20)42(5,6)36/h7-12,14,25-28,35H,13,15H2,1-6H3/t25-,26-,27+,28-,29+/m1/s1. The van der Waals surface area contributed by atoms with Gasteiger partial charge in [-0.3, -0.25) is 19.2 Å². The summed E-state index contributed by atoms with van der Waals surface area (Å²) < 4.78 is 39.8. The Morgan fingerprint density at radius 1 is 0.881 bits per heavy atom. The lowest BCUT2D eigenvalue weighted by atomic mass is 9.86. The largest absolute Gasteiger partial charge is 0.463 e. The topological polar surface area (TPSA) is 152 Å². The molecular weight excluding hydrogens is 591 g/mol. The molecule has 228 valence electrons. The van der Waals surface area contributed by atoms with E-state index in [2.05, 4.69) is 0 Å². The summed E-state index contributed by atoms with van der Waals surface area (Å²) in [7, 11) is -2.45. The predicted molar refractivity (Wildman–Crippen MR) is 152 cm³/mol. The summed E-state index contributed by atoms with van der Waals surface area (Å²) in [5.41, 5.74) is 1.46. The van der Waals surface area contributed by atoms with Crippen molar-refractivity contribution in [2.45, 2.75) is 64.3 Å². The van der Waals surface area contributed by atoms with E-state index in [9.17, 15) is 28.8 Å². The third-order valence-corrected chi connectivity index (χ3v) is 8.38. The number of rotatable bonds is 9. The van der Waals surface area contributed by atoms with E-state index in [1.54, 1.807) is 25.5 Å². The van der Waals surface area contributed by atoms with Crippen LogP contribution in [0.3, 0.4) is 0 Å². The zero-order chi connectivity index (χ0) is 31.4. The van der Waals surface area contributed by atoms with E-state index in [-0.39, 0.29) is 5.56 Å². The molecule has 5 atom stereocenters. The Bertz CT molecular complexity index is 1390. The van der Waals surface area contributed by atoms with Crippen molar-refractivity contribution >= 4 is 47.9 Å². The van der Waals surface area contributed by atoms with Gasteiger partial charge in [-0.1, -0.05) is 41.9 Å². The Morgan fingerprint density at radius 3 is 1.98 bits per heavy atom. The van der Waals surface area contributed by atoms with E-state index in [1.165, 1.54) is 18.2 Å². The molecule has 2 aromatic carbocycles. The summed E-state index contributed by atoms with van der Waals surface area (Å²) in [6.07, 6.45) is -5.73. The van der Waals surface area contributed by atoms with Crippen LogP contribution < -0.4 is 5.30 Å². The second-order valence-corrected chi connectivity index (χ2v) is 14.0. The smallest absolute Gasteiger partial charge is 0.303 e. The van der Waals surface area contributed by atoms with Gasteiger partial charge in [0.2, 0.25) is 11.9 Å². The molecule has 2 aromatic rings. The number of hydrogen-bond acceptors (Lipinski definition) is 11. The number of benzene rings is 2. The Hall–Kier alpha value is -3.24. The van der Waals surface area contributed by atoms with Crippen molar-refractivity contribution in [2.75, 3.05) is 19.9 Å². The average molecular weight is 625 g/mol. The molecule has 1 aliphatic rings. The molecule has 0 saturated carbocycles. The van der Waals surface area contributed by atoms with Crippen molar-refractivity contribution in [3.05, 3.63) is 64.2 Å². The van der Waals surface area contributed by atoms with Gasteiger partial charge in [0.1, 0.15) is 19.9 Å². The first-order chi connectivity index (χ1) is 19.5. The molecule has 0 unspecified atom stereocenters. The summed E-state index contributed by atoms with van der Waals surface area (Å²) in [6.45, 7) is 7.29. The first kappa shape index (κ1) is 33.3. The van der Waals surface area contributed by atoms with Crippen LogP contribution in [0.15, 0.2) is 42.5 Å². The molecular formula is C29H34ClO11P. The van der Waals surface area contributed by atoms with Gasteiger partial charge in [-0.25, -0.2) is 0 Å². The highest BCUT2D eigenvalue weighted by Gasteiger charge is 2.60. The zero-order valence-corrected chi connectivity index (χ0v) is 25.8.